The highest BCUT2D eigenvalue weighted by molar-refractivity contribution is 4.93. The van der Waals surface area contributed by atoms with Gasteiger partial charge in [0.15, 0.2) is 0 Å². The molecule has 0 aromatic heterocycles. The van der Waals surface area contributed by atoms with Crippen molar-refractivity contribution in [2.75, 3.05) is 13.6 Å². The van der Waals surface area contributed by atoms with Gasteiger partial charge in [-0.25, -0.2) is 5.01 Å². The summed E-state index contributed by atoms with van der Waals surface area (Å²) in [6.07, 6.45) is 8.43. The summed E-state index contributed by atoms with van der Waals surface area (Å²) in [5, 5.41) is 1.76. The Morgan fingerprint density at radius 3 is 3.00 bits per heavy atom. The maximum absolute atomic E-state index is 5.52. The van der Waals surface area contributed by atoms with Gasteiger partial charge in [0.05, 0.1) is 0 Å². The molecule has 0 saturated heterocycles. The van der Waals surface area contributed by atoms with E-state index in [0.717, 1.165) is 6.54 Å². The van der Waals surface area contributed by atoms with Crippen LogP contribution in [0.5, 0.6) is 0 Å². The molecule has 2 heteroatoms. The minimum absolute atomic E-state index is 0.698. The molecule has 0 amide bonds. The molecule has 2 nitrogen and oxygen atoms in total. The van der Waals surface area contributed by atoms with Crippen molar-refractivity contribution in [2.24, 2.45) is 11.8 Å². The van der Waals surface area contributed by atoms with Crippen molar-refractivity contribution in [3.63, 3.8) is 0 Å². The Kier molecular flexibility index (Phi) is 2.90. The SMILES string of the molecule is CN(N)CC1C=CCCC1. The fraction of sp³-hybridized carbons (Fsp3) is 0.750. The van der Waals surface area contributed by atoms with Crippen LogP contribution in [0.2, 0.25) is 0 Å². The quantitative estimate of drug-likeness (QED) is 0.354. The van der Waals surface area contributed by atoms with Gasteiger partial charge in [-0.3, -0.25) is 5.84 Å². The standard InChI is InChI=1S/C8H16N2/c1-10(9)7-8-5-3-2-4-6-8/h3,5,8H,2,4,6-7,9H2,1H3. The van der Waals surface area contributed by atoms with E-state index in [1.807, 2.05) is 7.05 Å². The smallest absolute Gasteiger partial charge is 0.0188 e. The van der Waals surface area contributed by atoms with Gasteiger partial charge >= 0.3 is 0 Å². The summed E-state index contributed by atoms with van der Waals surface area (Å²) in [5.74, 6) is 6.22. The van der Waals surface area contributed by atoms with Crippen LogP contribution < -0.4 is 5.84 Å². The summed E-state index contributed by atoms with van der Waals surface area (Å²) in [5.41, 5.74) is 0. The van der Waals surface area contributed by atoms with Crippen molar-refractivity contribution in [1.29, 1.82) is 0 Å². The highest BCUT2D eigenvalue weighted by Gasteiger charge is 2.08. The Morgan fingerprint density at radius 1 is 1.70 bits per heavy atom. The van der Waals surface area contributed by atoms with Gasteiger partial charge in [-0.2, -0.15) is 0 Å². The molecule has 2 N–H and O–H groups in total. The maximum Gasteiger partial charge on any atom is 0.0188 e. The zero-order chi connectivity index (χ0) is 7.40. The Labute approximate surface area is 62.7 Å². The number of allylic oxidation sites excluding steroid dienone is 1. The fourth-order valence-corrected chi connectivity index (χ4v) is 1.40. The lowest BCUT2D eigenvalue weighted by Gasteiger charge is -2.19. The monoisotopic (exact) mass is 140 g/mol. The zero-order valence-electron chi connectivity index (χ0n) is 6.59. The molecule has 0 bridgehead atoms. The third-order valence-corrected chi connectivity index (χ3v) is 1.88. The molecule has 1 aliphatic carbocycles. The van der Waals surface area contributed by atoms with Crippen LogP contribution >= 0.6 is 0 Å². The van der Waals surface area contributed by atoms with Gasteiger partial charge in [-0.1, -0.05) is 12.2 Å². The molecular weight excluding hydrogens is 124 g/mol. The molecule has 10 heavy (non-hydrogen) atoms. The van der Waals surface area contributed by atoms with E-state index in [-0.39, 0.29) is 0 Å². The summed E-state index contributed by atoms with van der Waals surface area (Å²) in [6.45, 7) is 0.997. The van der Waals surface area contributed by atoms with Crippen LogP contribution in [-0.2, 0) is 0 Å². The van der Waals surface area contributed by atoms with E-state index in [1.165, 1.54) is 19.3 Å². The van der Waals surface area contributed by atoms with Crippen LogP contribution in [0.15, 0.2) is 12.2 Å². The van der Waals surface area contributed by atoms with Gasteiger partial charge in [0, 0.05) is 13.6 Å². The Bertz CT molecular complexity index is 118. The first-order valence-corrected chi connectivity index (χ1v) is 3.91. The average Bonchev–Trinajstić information content (AvgIpc) is 1.88. The van der Waals surface area contributed by atoms with E-state index in [2.05, 4.69) is 12.2 Å². The van der Waals surface area contributed by atoms with Crippen LogP contribution in [0.3, 0.4) is 0 Å². The van der Waals surface area contributed by atoms with Gasteiger partial charge < -0.3 is 0 Å². The van der Waals surface area contributed by atoms with Gasteiger partial charge in [-0.05, 0) is 25.2 Å². The summed E-state index contributed by atoms with van der Waals surface area (Å²) in [7, 11) is 1.92. The van der Waals surface area contributed by atoms with Crippen LogP contribution in [-0.4, -0.2) is 18.6 Å². The molecule has 0 heterocycles. The van der Waals surface area contributed by atoms with E-state index < -0.39 is 0 Å². The molecule has 0 saturated carbocycles. The van der Waals surface area contributed by atoms with Crippen LogP contribution in [0, 0.1) is 5.92 Å². The second-order valence-electron chi connectivity index (χ2n) is 3.06. The number of hydrogen-bond donors (Lipinski definition) is 1. The van der Waals surface area contributed by atoms with E-state index in [9.17, 15) is 0 Å². The van der Waals surface area contributed by atoms with Crippen molar-refractivity contribution < 1.29 is 0 Å². The molecule has 0 fully saturated rings. The van der Waals surface area contributed by atoms with Gasteiger partial charge in [0.25, 0.3) is 0 Å². The molecule has 0 spiro atoms. The Hall–Kier alpha value is -0.340. The first kappa shape index (κ1) is 7.76. The summed E-state index contributed by atoms with van der Waals surface area (Å²) < 4.78 is 0. The predicted octanol–water partition coefficient (Wildman–Crippen LogP) is 1.15. The molecule has 1 unspecified atom stereocenters. The van der Waals surface area contributed by atoms with Crippen LogP contribution in [0.1, 0.15) is 19.3 Å². The summed E-state index contributed by atoms with van der Waals surface area (Å²) >= 11 is 0. The highest BCUT2D eigenvalue weighted by atomic mass is 15.4. The van der Waals surface area contributed by atoms with Crippen molar-refractivity contribution in [3.8, 4) is 0 Å². The van der Waals surface area contributed by atoms with E-state index in [4.69, 9.17) is 5.84 Å². The normalized spacial score (nSPS) is 25.7. The lowest BCUT2D eigenvalue weighted by atomic mass is 9.96. The van der Waals surface area contributed by atoms with Crippen molar-refractivity contribution in [2.45, 2.75) is 19.3 Å². The van der Waals surface area contributed by atoms with E-state index in [0.29, 0.717) is 5.92 Å². The molecule has 0 radical (unpaired) electrons. The maximum atomic E-state index is 5.52. The Morgan fingerprint density at radius 2 is 2.50 bits per heavy atom. The topological polar surface area (TPSA) is 29.3 Å². The molecule has 1 rings (SSSR count). The summed E-state index contributed by atoms with van der Waals surface area (Å²) in [6, 6.07) is 0. The average molecular weight is 140 g/mol. The first-order valence-electron chi connectivity index (χ1n) is 3.91. The van der Waals surface area contributed by atoms with Gasteiger partial charge in [0.2, 0.25) is 0 Å². The van der Waals surface area contributed by atoms with Gasteiger partial charge in [-0.15, -0.1) is 0 Å². The molecule has 0 aliphatic heterocycles. The molecule has 58 valence electrons. The largest absolute Gasteiger partial charge is 0.269 e. The molecule has 1 aliphatic rings. The van der Waals surface area contributed by atoms with Crippen molar-refractivity contribution in [3.05, 3.63) is 12.2 Å². The minimum Gasteiger partial charge on any atom is -0.269 e. The second-order valence-corrected chi connectivity index (χ2v) is 3.06. The Balaban J connectivity index is 2.26. The summed E-state index contributed by atoms with van der Waals surface area (Å²) in [4.78, 5) is 0. The van der Waals surface area contributed by atoms with E-state index in [1.54, 1.807) is 5.01 Å². The first-order chi connectivity index (χ1) is 4.79. The number of rotatable bonds is 2. The molecule has 0 aromatic carbocycles. The zero-order valence-corrected chi connectivity index (χ0v) is 6.59. The van der Waals surface area contributed by atoms with Crippen LogP contribution in [0.4, 0.5) is 0 Å². The number of hydrazine groups is 1. The molecule has 0 aromatic rings. The predicted molar refractivity (Wildman–Crippen MR) is 43.3 cm³/mol. The molecule has 1 atom stereocenters. The number of nitrogens with two attached hydrogens (primary N) is 1. The third kappa shape index (κ3) is 2.50. The third-order valence-electron chi connectivity index (χ3n) is 1.88. The van der Waals surface area contributed by atoms with Crippen molar-refractivity contribution in [1.82, 2.24) is 5.01 Å². The van der Waals surface area contributed by atoms with Crippen LogP contribution in [0.25, 0.3) is 0 Å². The lowest BCUT2D eigenvalue weighted by Crippen LogP contribution is -2.31. The lowest BCUT2D eigenvalue weighted by molar-refractivity contribution is 0.297. The van der Waals surface area contributed by atoms with Gasteiger partial charge in [0.1, 0.15) is 0 Å². The minimum atomic E-state index is 0.698. The molecular formula is C8H16N2. The number of nitrogens with zero attached hydrogens (tertiary/aromatic N) is 1. The fourth-order valence-electron chi connectivity index (χ4n) is 1.40. The van der Waals surface area contributed by atoms with Crippen molar-refractivity contribution >= 4 is 0 Å². The van der Waals surface area contributed by atoms with E-state index >= 15 is 0 Å². The second kappa shape index (κ2) is 3.74. The highest BCUT2D eigenvalue weighted by Crippen LogP contribution is 2.16. The number of hydrogen-bond acceptors (Lipinski definition) is 2.